The number of hydroxylamine groups is 2. The average molecular weight is 184 g/mol. The summed E-state index contributed by atoms with van der Waals surface area (Å²) in [5.74, 6) is 0. The molecule has 13 heavy (non-hydrogen) atoms. The van der Waals surface area contributed by atoms with Crippen molar-refractivity contribution >= 4 is 0 Å². The summed E-state index contributed by atoms with van der Waals surface area (Å²) in [5.41, 5.74) is 0. The highest BCUT2D eigenvalue weighted by Gasteiger charge is 2.20. The minimum atomic E-state index is -0.351. The molecule has 72 valence electrons. The smallest absolute Gasteiger partial charge is 0.137 e. The Hall–Kier alpha value is -0.980. The number of aromatic nitrogens is 3. The molecule has 6 heteroatoms. The Morgan fingerprint density at radius 1 is 1.54 bits per heavy atom. The Bertz CT molecular complexity index is 251. The lowest BCUT2D eigenvalue weighted by molar-refractivity contribution is -0.112. The second kappa shape index (κ2) is 3.82. The van der Waals surface area contributed by atoms with Gasteiger partial charge in [0.15, 0.2) is 0 Å². The molecule has 2 heterocycles. The number of aliphatic hydroxyl groups excluding tert-OH is 1. The molecule has 0 spiro atoms. The van der Waals surface area contributed by atoms with Crippen molar-refractivity contribution < 1.29 is 9.94 Å². The largest absolute Gasteiger partial charge is 0.389 e. The number of nitrogens with zero attached hydrogens (tertiary/aromatic N) is 4. The van der Waals surface area contributed by atoms with Crippen LogP contribution in [0.5, 0.6) is 0 Å². The van der Waals surface area contributed by atoms with E-state index < -0.39 is 0 Å². The van der Waals surface area contributed by atoms with Crippen molar-refractivity contribution in [3.8, 4) is 0 Å². The third-order valence-corrected chi connectivity index (χ3v) is 1.91. The van der Waals surface area contributed by atoms with Crippen LogP contribution in [-0.4, -0.2) is 50.7 Å². The second-order valence-electron chi connectivity index (χ2n) is 3.00. The number of hydrogen-bond acceptors (Lipinski definition) is 5. The normalized spacial score (nSPS) is 23.9. The van der Waals surface area contributed by atoms with Crippen molar-refractivity contribution in [3.63, 3.8) is 0 Å². The fourth-order valence-electron chi connectivity index (χ4n) is 1.25. The van der Waals surface area contributed by atoms with E-state index in [9.17, 15) is 0 Å². The monoisotopic (exact) mass is 184 g/mol. The van der Waals surface area contributed by atoms with Gasteiger partial charge in [-0.2, -0.15) is 10.2 Å². The lowest BCUT2D eigenvalue weighted by Gasteiger charge is -2.12. The zero-order chi connectivity index (χ0) is 9.10. The molecule has 2 rings (SSSR count). The molecule has 6 nitrogen and oxygen atoms in total. The van der Waals surface area contributed by atoms with Gasteiger partial charge in [0.05, 0.1) is 25.8 Å². The number of rotatable bonds is 3. The zero-order valence-corrected chi connectivity index (χ0v) is 7.20. The molecule has 0 unspecified atom stereocenters. The molecule has 1 fully saturated rings. The van der Waals surface area contributed by atoms with Gasteiger partial charge in [-0.1, -0.05) is 0 Å². The van der Waals surface area contributed by atoms with E-state index in [-0.39, 0.29) is 6.10 Å². The lowest BCUT2D eigenvalue weighted by atomic mass is 10.4. The van der Waals surface area contributed by atoms with Gasteiger partial charge in [0.25, 0.3) is 0 Å². The summed E-state index contributed by atoms with van der Waals surface area (Å²) in [7, 11) is 0. The minimum Gasteiger partial charge on any atom is -0.389 e. The molecule has 1 N–H and O–H groups in total. The quantitative estimate of drug-likeness (QED) is 0.645. The fourth-order valence-corrected chi connectivity index (χ4v) is 1.25. The Morgan fingerprint density at radius 2 is 2.46 bits per heavy atom. The lowest BCUT2D eigenvalue weighted by Crippen LogP contribution is -2.25. The van der Waals surface area contributed by atoms with Gasteiger partial charge in [-0.15, -0.1) is 0 Å². The Morgan fingerprint density at radius 3 is 3.08 bits per heavy atom. The Balaban J connectivity index is 1.74. The van der Waals surface area contributed by atoms with E-state index in [0.717, 1.165) is 13.1 Å². The first-order chi connectivity index (χ1) is 6.34. The molecular weight excluding hydrogens is 172 g/mol. The van der Waals surface area contributed by atoms with Gasteiger partial charge in [-0.05, 0) is 0 Å². The van der Waals surface area contributed by atoms with Crippen LogP contribution in [-0.2, 0) is 11.4 Å². The maximum Gasteiger partial charge on any atom is 0.137 e. The number of aliphatic hydroxyl groups is 1. The second-order valence-corrected chi connectivity index (χ2v) is 3.00. The number of hydrogen-bond donors (Lipinski definition) is 1. The van der Waals surface area contributed by atoms with Crippen molar-refractivity contribution in [2.75, 3.05) is 19.7 Å². The van der Waals surface area contributed by atoms with Gasteiger partial charge in [-0.25, -0.2) is 4.98 Å². The maximum absolute atomic E-state index is 9.16. The van der Waals surface area contributed by atoms with Crippen molar-refractivity contribution in [1.82, 2.24) is 19.8 Å². The van der Waals surface area contributed by atoms with E-state index >= 15 is 0 Å². The summed E-state index contributed by atoms with van der Waals surface area (Å²) in [4.78, 5) is 9.01. The highest BCUT2D eigenvalue weighted by Crippen LogP contribution is 2.04. The van der Waals surface area contributed by atoms with Crippen LogP contribution >= 0.6 is 0 Å². The first-order valence-corrected chi connectivity index (χ1v) is 4.23. The predicted molar refractivity (Wildman–Crippen MR) is 43.6 cm³/mol. The molecule has 0 saturated carbocycles. The molecule has 0 amide bonds. The number of β-amino-alcohol motifs (C(OH)–C–C–N with tert-alkyl or cyclic N) is 1. The molecule has 0 aromatic carbocycles. The molecule has 0 aliphatic carbocycles. The third kappa shape index (κ3) is 2.24. The van der Waals surface area contributed by atoms with Crippen LogP contribution in [0.15, 0.2) is 12.7 Å². The summed E-state index contributed by atoms with van der Waals surface area (Å²) in [6.45, 7) is 2.43. The summed E-state index contributed by atoms with van der Waals surface area (Å²) < 4.78 is 1.73. The van der Waals surface area contributed by atoms with Crippen molar-refractivity contribution in [3.05, 3.63) is 12.7 Å². The van der Waals surface area contributed by atoms with Gasteiger partial charge < -0.3 is 5.11 Å². The highest BCUT2D eigenvalue weighted by molar-refractivity contribution is 4.64. The van der Waals surface area contributed by atoms with Gasteiger partial charge in [0.1, 0.15) is 12.7 Å². The molecule has 1 saturated heterocycles. The molecule has 1 atom stereocenters. The Kier molecular flexibility index (Phi) is 2.53. The van der Waals surface area contributed by atoms with Crippen LogP contribution in [0.25, 0.3) is 0 Å². The van der Waals surface area contributed by atoms with Gasteiger partial charge in [0, 0.05) is 6.54 Å². The maximum atomic E-state index is 9.16. The third-order valence-electron chi connectivity index (χ3n) is 1.91. The van der Waals surface area contributed by atoms with Gasteiger partial charge in [0.2, 0.25) is 0 Å². The SMILES string of the molecule is O[C@H]1CON(CCn2cncn2)C1. The van der Waals surface area contributed by atoms with Crippen molar-refractivity contribution in [2.45, 2.75) is 12.6 Å². The molecular formula is C7H12N4O2. The van der Waals surface area contributed by atoms with E-state index in [1.807, 2.05) is 0 Å². The van der Waals surface area contributed by atoms with E-state index in [0.29, 0.717) is 13.2 Å². The molecule has 1 aromatic rings. The summed E-state index contributed by atoms with van der Waals surface area (Å²) in [6, 6.07) is 0. The van der Waals surface area contributed by atoms with E-state index in [2.05, 4.69) is 10.1 Å². The van der Waals surface area contributed by atoms with E-state index in [1.165, 1.54) is 6.33 Å². The van der Waals surface area contributed by atoms with Crippen molar-refractivity contribution in [1.29, 1.82) is 0 Å². The van der Waals surface area contributed by atoms with Crippen LogP contribution in [0.1, 0.15) is 0 Å². The Labute approximate surface area is 75.7 Å². The molecule has 0 radical (unpaired) electrons. The van der Waals surface area contributed by atoms with Crippen LogP contribution < -0.4 is 0 Å². The van der Waals surface area contributed by atoms with Crippen LogP contribution in [0.4, 0.5) is 0 Å². The van der Waals surface area contributed by atoms with Crippen LogP contribution in [0.2, 0.25) is 0 Å². The first-order valence-electron chi connectivity index (χ1n) is 4.23. The van der Waals surface area contributed by atoms with Gasteiger partial charge >= 0.3 is 0 Å². The van der Waals surface area contributed by atoms with Crippen LogP contribution in [0.3, 0.4) is 0 Å². The first kappa shape index (κ1) is 8.61. The molecule has 1 aliphatic heterocycles. The zero-order valence-electron chi connectivity index (χ0n) is 7.20. The summed E-state index contributed by atoms with van der Waals surface area (Å²) >= 11 is 0. The summed E-state index contributed by atoms with van der Waals surface area (Å²) in [5, 5.41) is 14.9. The minimum absolute atomic E-state index is 0.351. The highest BCUT2D eigenvalue weighted by atomic mass is 16.7. The topological polar surface area (TPSA) is 63.4 Å². The van der Waals surface area contributed by atoms with E-state index in [4.69, 9.17) is 9.94 Å². The average Bonchev–Trinajstić information content (AvgIpc) is 2.71. The predicted octanol–water partition coefficient (Wildman–Crippen LogP) is -1.11. The van der Waals surface area contributed by atoms with Gasteiger partial charge in [-0.3, -0.25) is 9.52 Å². The van der Waals surface area contributed by atoms with Crippen LogP contribution in [0, 0.1) is 0 Å². The molecule has 0 bridgehead atoms. The fraction of sp³-hybridized carbons (Fsp3) is 0.714. The standard InChI is InChI=1S/C7H12N4O2/c12-7-3-11(13-4-7)2-1-10-6-8-5-9-10/h5-7,12H,1-4H2/t7-/m1/s1. The molecule has 1 aliphatic rings. The van der Waals surface area contributed by atoms with E-state index in [1.54, 1.807) is 16.1 Å². The molecule has 1 aromatic heterocycles. The van der Waals surface area contributed by atoms with Crippen molar-refractivity contribution in [2.24, 2.45) is 0 Å². The summed E-state index contributed by atoms with van der Waals surface area (Å²) in [6.07, 6.45) is 2.81.